The number of hydrogen-bond acceptors (Lipinski definition) is 3. The fourth-order valence-corrected chi connectivity index (χ4v) is 1.18. The van der Waals surface area contributed by atoms with Crippen LogP contribution in [-0.2, 0) is 4.79 Å². The van der Waals surface area contributed by atoms with Crippen LogP contribution in [0.4, 0.5) is 0 Å². The lowest BCUT2D eigenvalue weighted by Crippen LogP contribution is -2.36. The quantitative estimate of drug-likeness (QED) is 0.812. The van der Waals surface area contributed by atoms with Crippen molar-refractivity contribution < 1.29 is 9.90 Å². The van der Waals surface area contributed by atoms with Gasteiger partial charge in [-0.15, -0.1) is 0 Å². The Morgan fingerprint density at radius 1 is 1.50 bits per heavy atom. The Balaban J connectivity index is 0.000000280. The molecule has 0 bridgehead atoms. The van der Waals surface area contributed by atoms with Crippen molar-refractivity contribution in [1.29, 1.82) is 0 Å². The van der Waals surface area contributed by atoms with Gasteiger partial charge in [-0.2, -0.15) is 11.3 Å². The topological polar surface area (TPSA) is 63.3 Å². The number of carbonyl (C=O) groups is 1. The normalized spacial score (nSPS) is 13.6. The molecule has 0 aliphatic heterocycles. The van der Waals surface area contributed by atoms with Gasteiger partial charge < -0.3 is 10.8 Å². The first-order chi connectivity index (χ1) is 6.59. The van der Waals surface area contributed by atoms with Gasteiger partial charge in [0.15, 0.2) is 0 Å². The molecule has 3 N–H and O–H groups in total. The minimum Gasteiger partial charge on any atom is -0.480 e. The van der Waals surface area contributed by atoms with Crippen LogP contribution >= 0.6 is 11.3 Å². The second-order valence-electron chi connectivity index (χ2n) is 3.04. The zero-order chi connectivity index (χ0) is 11.0. The summed E-state index contributed by atoms with van der Waals surface area (Å²) in [6, 6.07) is 3.34. The van der Waals surface area contributed by atoms with E-state index >= 15 is 0 Å². The summed E-state index contributed by atoms with van der Waals surface area (Å²) in [5.41, 5.74) is 5.27. The number of rotatable bonds is 3. The maximum atomic E-state index is 10.2. The fraction of sp³-hybridized carbons (Fsp3) is 0.500. The van der Waals surface area contributed by atoms with Crippen LogP contribution in [0.2, 0.25) is 0 Å². The molecule has 0 radical (unpaired) electrons. The highest BCUT2D eigenvalue weighted by Gasteiger charge is 2.17. The van der Waals surface area contributed by atoms with E-state index in [-0.39, 0.29) is 5.92 Å². The van der Waals surface area contributed by atoms with Gasteiger partial charge in [-0.1, -0.05) is 32.4 Å². The molecule has 2 unspecified atom stereocenters. The van der Waals surface area contributed by atoms with Crippen molar-refractivity contribution in [3.63, 3.8) is 0 Å². The maximum absolute atomic E-state index is 10.2. The summed E-state index contributed by atoms with van der Waals surface area (Å²) in [4.78, 5) is 10.2. The molecular formula is C10H17NO2S. The molecule has 1 heterocycles. The third kappa shape index (κ3) is 5.72. The van der Waals surface area contributed by atoms with Gasteiger partial charge in [-0.05, 0) is 16.7 Å². The highest BCUT2D eigenvalue weighted by molar-refractivity contribution is 7.07. The van der Waals surface area contributed by atoms with Gasteiger partial charge in [0, 0.05) is 0 Å². The van der Waals surface area contributed by atoms with E-state index in [9.17, 15) is 4.79 Å². The van der Waals surface area contributed by atoms with E-state index in [1.807, 2.05) is 36.7 Å². The van der Waals surface area contributed by atoms with E-state index in [0.29, 0.717) is 0 Å². The monoisotopic (exact) mass is 215 g/mol. The largest absolute Gasteiger partial charge is 0.480 e. The molecule has 1 aromatic rings. The van der Waals surface area contributed by atoms with Gasteiger partial charge in [0.1, 0.15) is 6.04 Å². The van der Waals surface area contributed by atoms with Crippen LogP contribution in [0.15, 0.2) is 22.9 Å². The molecule has 1 aromatic heterocycles. The van der Waals surface area contributed by atoms with Gasteiger partial charge in [0.25, 0.3) is 0 Å². The molecule has 1 rings (SSSR count). The minimum atomic E-state index is -0.913. The first kappa shape index (κ1) is 13.1. The van der Waals surface area contributed by atoms with Gasteiger partial charge in [-0.25, -0.2) is 0 Å². The highest BCUT2D eigenvalue weighted by Crippen LogP contribution is 2.04. The summed E-state index contributed by atoms with van der Waals surface area (Å²) in [5.74, 6) is -0.841. The molecule has 3 nitrogen and oxygen atoms in total. The average molecular weight is 215 g/mol. The summed E-state index contributed by atoms with van der Waals surface area (Å²) in [5, 5.41) is 12.4. The van der Waals surface area contributed by atoms with Gasteiger partial charge >= 0.3 is 5.97 Å². The summed E-state index contributed by atoms with van der Waals surface area (Å²) in [7, 11) is 0. The zero-order valence-corrected chi connectivity index (χ0v) is 9.33. The average Bonchev–Trinajstić information content (AvgIpc) is 2.73. The van der Waals surface area contributed by atoms with Crippen LogP contribution in [0, 0.1) is 5.92 Å². The lowest BCUT2D eigenvalue weighted by molar-refractivity contribution is -0.139. The Morgan fingerprint density at radius 2 is 2.00 bits per heavy atom. The van der Waals surface area contributed by atoms with Crippen molar-refractivity contribution in [3.05, 3.63) is 22.9 Å². The van der Waals surface area contributed by atoms with Crippen molar-refractivity contribution in [2.75, 3.05) is 0 Å². The Bertz CT molecular complexity index is 219. The van der Waals surface area contributed by atoms with Crippen molar-refractivity contribution in [3.8, 4) is 0 Å². The standard InChI is InChI=1S/C6H13NO2.C4H4S/c1-3-4(2)5(7)6(8)9;1-2-4-5-3-1/h4-5H,3,7H2,1-2H3,(H,8,9);1-4H. The molecule has 0 aliphatic carbocycles. The van der Waals surface area contributed by atoms with Crippen LogP contribution in [0.1, 0.15) is 20.3 Å². The minimum absolute atomic E-state index is 0.0718. The lowest BCUT2D eigenvalue weighted by Gasteiger charge is -2.11. The van der Waals surface area contributed by atoms with Gasteiger partial charge in [0.05, 0.1) is 0 Å². The Labute approximate surface area is 88.6 Å². The predicted octanol–water partition coefficient (Wildman–Crippen LogP) is 2.19. The van der Waals surface area contributed by atoms with Crippen LogP contribution in [0.25, 0.3) is 0 Å². The van der Waals surface area contributed by atoms with E-state index in [1.165, 1.54) is 0 Å². The number of thiophene rings is 1. The number of hydrogen-bond donors (Lipinski definition) is 2. The van der Waals surface area contributed by atoms with E-state index in [2.05, 4.69) is 0 Å². The molecule has 0 aliphatic rings. The van der Waals surface area contributed by atoms with Crippen LogP contribution in [0.5, 0.6) is 0 Å². The number of aliphatic carboxylic acids is 1. The van der Waals surface area contributed by atoms with Crippen molar-refractivity contribution in [1.82, 2.24) is 0 Å². The molecule has 2 atom stereocenters. The second kappa shape index (κ2) is 7.53. The van der Waals surface area contributed by atoms with Crippen molar-refractivity contribution >= 4 is 17.3 Å². The van der Waals surface area contributed by atoms with Gasteiger partial charge in [0.2, 0.25) is 0 Å². The summed E-state index contributed by atoms with van der Waals surface area (Å²) >= 11 is 1.71. The zero-order valence-electron chi connectivity index (χ0n) is 8.51. The molecule has 0 aromatic carbocycles. The molecule has 0 spiro atoms. The predicted molar refractivity (Wildman–Crippen MR) is 59.4 cm³/mol. The molecule has 14 heavy (non-hydrogen) atoms. The third-order valence-electron chi connectivity index (χ3n) is 1.97. The van der Waals surface area contributed by atoms with Crippen LogP contribution in [-0.4, -0.2) is 17.1 Å². The summed E-state index contributed by atoms with van der Waals surface area (Å²) in [6.07, 6.45) is 0.813. The lowest BCUT2D eigenvalue weighted by atomic mass is 10.0. The number of carboxylic acid groups (broad SMARTS) is 1. The van der Waals surface area contributed by atoms with E-state index in [1.54, 1.807) is 11.3 Å². The van der Waals surface area contributed by atoms with Gasteiger partial charge in [-0.3, -0.25) is 4.79 Å². The maximum Gasteiger partial charge on any atom is 0.320 e. The number of nitrogens with two attached hydrogens (primary N) is 1. The first-order valence-corrected chi connectivity index (χ1v) is 5.49. The fourth-order valence-electron chi connectivity index (χ4n) is 0.724. The molecule has 0 saturated heterocycles. The Kier molecular flexibility index (Phi) is 7.06. The van der Waals surface area contributed by atoms with E-state index in [0.717, 1.165) is 6.42 Å². The molecule has 80 valence electrons. The Hall–Kier alpha value is -0.870. The molecule has 0 fully saturated rings. The van der Waals surface area contributed by atoms with Crippen molar-refractivity contribution in [2.24, 2.45) is 11.7 Å². The van der Waals surface area contributed by atoms with E-state index in [4.69, 9.17) is 10.8 Å². The first-order valence-electron chi connectivity index (χ1n) is 4.55. The number of carboxylic acids is 1. The van der Waals surface area contributed by atoms with E-state index < -0.39 is 12.0 Å². The highest BCUT2D eigenvalue weighted by atomic mass is 32.1. The smallest absolute Gasteiger partial charge is 0.320 e. The molecule has 0 amide bonds. The van der Waals surface area contributed by atoms with Crippen LogP contribution in [0.3, 0.4) is 0 Å². The summed E-state index contributed by atoms with van der Waals surface area (Å²) in [6.45, 7) is 3.76. The summed E-state index contributed by atoms with van der Waals surface area (Å²) < 4.78 is 0. The molecule has 4 heteroatoms. The molecular weight excluding hydrogens is 198 g/mol. The van der Waals surface area contributed by atoms with Crippen LogP contribution < -0.4 is 5.73 Å². The Morgan fingerprint density at radius 3 is 2.14 bits per heavy atom. The second-order valence-corrected chi connectivity index (χ2v) is 3.86. The third-order valence-corrected chi connectivity index (χ3v) is 2.60. The molecule has 0 saturated carbocycles. The SMILES string of the molecule is CCC(C)C(N)C(=O)O.c1ccsc1. The van der Waals surface area contributed by atoms with Crippen molar-refractivity contribution in [2.45, 2.75) is 26.3 Å².